The minimum absolute atomic E-state index is 0.326. The van der Waals surface area contributed by atoms with Crippen LogP contribution in [-0.4, -0.2) is 14.9 Å². The van der Waals surface area contributed by atoms with Gasteiger partial charge >= 0.3 is 11.9 Å². The van der Waals surface area contributed by atoms with Crippen LogP contribution in [0, 0.1) is 10.1 Å². The molecule has 0 aliphatic carbocycles. The molecule has 21 heavy (non-hydrogen) atoms. The summed E-state index contributed by atoms with van der Waals surface area (Å²) >= 11 is 5.51. The highest BCUT2D eigenvalue weighted by molar-refractivity contribution is 6.28. The second-order valence-corrected chi connectivity index (χ2v) is 4.14. The summed E-state index contributed by atoms with van der Waals surface area (Å²) in [5.74, 6) is -0.420. The first-order valence-corrected chi connectivity index (χ1v) is 5.77. The van der Waals surface area contributed by atoms with Crippen LogP contribution in [0.3, 0.4) is 0 Å². The van der Waals surface area contributed by atoms with Crippen molar-refractivity contribution in [2.45, 2.75) is 6.18 Å². The van der Waals surface area contributed by atoms with Crippen LogP contribution in [-0.2, 0) is 6.18 Å². The number of nitrogens with one attached hydrogen (secondary N) is 1. The summed E-state index contributed by atoms with van der Waals surface area (Å²) < 4.78 is 38.6. The SMILES string of the molecule is O=[N+]([O-])c1cnc(Cl)nc1Nc1ccccc1C(F)(F)F. The van der Waals surface area contributed by atoms with E-state index in [0.29, 0.717) is 0 Å². The van der Waals surface area contributed by atoms with E-state index in [4.69, 9.17) is 11.6 Å². The molecule has 6 nitrogen and oxygen atoms in total. The highest BCUT2D eigenvalue weighted by Gasteiger charge is 2.33. The molecule has 0 saturated carbocycles. The number of rotatable bonds is 3. The van der Waals surface area contributed by atoms with Crippen molar-refractivity contribution in [2.24, 2.45) is 0 Å². The lowest BCUT2D eigenvalue weighted by Gasteiger charge is -2.13. The molecule has 1 heterocycles. The Morgan fingerprint density at radius 2 is 1.95 bits per heavy atom. The average Bonchev–Trinajstić information content (AvgIpc) is 2.37. The van der Waals surface area contributed by atoms with Crippen molar-refractivity contribution in [3.63, 3.8) is 0 Å². The number of anilines is 2. The Morgan fingerprint density at radius 3 is 2.57 bits per heavy atom. The first kappa shape index (κ1) is 15.0. The van der Waals surface area contributed by atoms with Gasteiger partial charge in [0.25, 0.3) is 0 Å². The predicted octanol–water partition coefficient (Wildman–Crippen LogP) is 3.80. The molecule has 10 heteroatoms. The lowest BCUT2D eigenvalue weighted by molar-refractivity contribution is -0.384. The molecule has 0 aliphatic rings. The molecule has 0 amide bonds. The van der Waals surface area contributed by atoms with Gasteiger partial charge in [-0.1, -0.05) is 12.1 Å². The Balaban J connectivity index is 2.49. The second-order valence-electron chi connectivity index (χ2n) is 3.80. The van der Waals surface area contributed by atoms with E-state index < -0.39 is 28.2 Å². The van der Waals surface area contributed by atoms with Gasteiger partial charge in [-0.05, 0) is 23.7 Å². The van der Waals surface area contributed by atoms with E-state index in [9.17, 15) is 23.3 Å². The molecular weight excluding hydrogens is 313 g/mol. The van der Waals surface area contributed by atoms with E-state index in [2.05, 4.69) is 15.3 Å². The molecule has 1 aromatic carbocycles. The van der Waals surface area contributed by atoms with Crippen LogP contribution in [0.1, 0.15) is 5.56 Å². The summed E-state index contributed by atoms with van der Waals surface area (Å²) in [5, 5.41) is 12.8. The standard InChI is InChI=1S/C11H6ClF3N4O2/c12-10-16-5-8(19(20)21)9(18-10)17-7-4-2-1-3-6(7)11(13,14)15/h1-5H,(H,16,17,18). The quantitative estimate of drug-likeness (QED) is 0.529. The van der Waals surface area contributed by atoms with Crippen LogP contribution >= 0.6 is 11.6 Å². The van der Waals surface area contributed by atoms with Crippen molar-refractivity contribution in [3.8, 4) is 0 Å². The van der Waals surface area contributed by atoms with Crippen LogP contribution in [0.5, 0.6) is 0 Å². The summed E-state index contributed by atoms with van der Waals surface area (Å²) in [5.41, 5.74) is -1.94. The molecule has 0 aliphatic heterocycles. The zero-order valence-corrected chi connectivity index (χ0v) is 10.8. The third kappa shape index (κ3) is 3.37. The van der Waals surface area contributed by atoms with Crippen molar-refractivity contribution in [3.05, 3.63) is 51.4 Å². The maximum Gasteiger partial charge on any atom is 0.418 e. The lowest BCUT2D eigenvalue weighted by atomic mass is 10.1. The van der Waals surface area contributed by atoms with Gasteiger partial charge < -0.3 is 5.32 Å². The first-order valence-electron chi connectivity index (χ1n) is 5.39. The van der Waals surface area contributed by atoms with E-state index >= 15 is 0 Å². The number of nitro groups is 1. The van der Waals surface area contributed by atoms with Gasteiger partial charge in [-0.15, -0.1) is 0 Å². The molecule has 1 aromatic heterocycles. The predicted molar refractivity (Wildman–Crippen MR) is 68.4 cm³/mol. The molecular formula is C11H6ClF3N4O2. The molecule has 2 rings (SSSR count). The number of hydrogen-bond donors (Lipinski definition) is 1. The van der Waals surface area contributed by atoms with Crippen LogP contribution in [0.15, 0.2) is 30.5 Å². The second kappa shape index (κ2) is 5.52. The third-order valence-corrected chi connectivity index (χ3v) is 2.60. The van der Waals surface area contributed by atoms with Gasteiger partial charge in [-0.3, -0.25) is 10.1 Å². The average molecular weight is 319 g/mol. The number of halogens is 4. The fourth-order valence-corrected chi connectivity index (χ4v) is 1.68. The lowest BCUT2D eigenvalue weighted by Crippen LogP contribution is -2.10. The van der Waals surface area contributed by atoms with Crippen molar-refractivity contribution in [1.29, 1.82) is 0 Å². The van der Waals surface area contributed by atoms with E-state index in [1.165, 1.54) is 12.1 Å². The molecule has 0 atom stereocenters. The first-order chi connectivity index (χ1) is 9.79. The zero-order valence-electron chi connectivity index (χ0n) is 10.1. The smallest absolute Gasteiger partial charge is 0.334 e. The van der Waals surface area contributed by atoms with Gasteiger partial charge in [0.1, 0.15) is 6.20 Å². The minimum Gasteiger partial charge on any atom is -0.334 e. The summed E-state index contributed by atoms with van der Waals surface area (Å²) in [6, 6.07) is 4.53. The van der Waals surface area contributed by atoms with Gasteiger partial charge in [0.2, 0.25) is 11.1 Å². The normalized spacial score (nSPS) is 11.2. The largest absolute Gasteiger partial charge is 0.418 e. The summed E-state index contributed by atoms with van der Waals surface area (Å²) in [6.07, 6.45) is -3.80. The molecule has 0 spiro atoms. The topological polar surface area (TPSA) is 81.0 Å². The molecule has 0 unspecified atom stereocenters. The fourth-order valence-electron chi connectivity index (χ4n) is 1.55. The van der Waals surface area contributed by atoms with Gasteiger partial charge in [0, 0.05) is 0 Å². The summed E-state index contributed by atoms with van der Waals surface area (Å²) in [6.45, 7) is 0. The van der Waals surface area contributed by atoms with Crippen molar-refractivity contribution in [1.82, 2.24) is 9.97 Å². The molecule has 110 valence electrons. The number of para-hydroxylation sites is 1. The Kier molecular flexibility index (Phi) is 3.94. The molecule has 2 aromatic rings. The number of benzene rings is 1. The van der Waals surface area contributed by atoms with E-state index in [1.54, 1.807) is 0 Å². The minimum atomic E-state index is -4.62. The molecule has 0 fully saturated rings. The highest BCUT2D eigenvalue weighted by atomic mass is 35.5. The number of hydrogen-bond acceptors (Lipinski definition) is 5. The van der Waals surface area contributed by atoms with Gasteiger partial charge in [0.05, 0.1) is 16.2 Å². The summed E-state index contributed by atoms with van der Waals surface area (Å²) in [4.78, 5) is 17.0. The Bertz CT molecular complexity index is 693. The van der Waals surface area contributed by atoms with Crippen molar-refractivity contribution in [2.75, 3.05) is 5.32 Å². The highest BCUT2D eigenvalue weighted by Crippen LogP contribution is 2.36. The number of alkyl halides is 3. The monoisotopic (exact) mass is 318 g/mol. The number of nitrogens with zero attached hydrogens (tertiary/aromatic N) is 3. The maximum absolute atomic E-state index is 12.9. The van der Waals surface area contributed by atoms with Crippen LogP contribution < -0.4 is 5.32 Å². The number of aromatic nitrogens is 2. The van der Waals surface area contributed by atoms with Gasteiger partial charge in [-0.2, -0.15) is 18.2 Å². The van der Waals surface area contributed by atoms with Crippen LogP contribution in [0.4, 0.5) is 30.4 Å². The Labute approximate surface area is 120 Å². The van der Waals surface area contributed by atoms with Crippen molar-refractivity contribution >= 4 is 28.8 Å². The molecule has 0 bridgehead atoms. The molecule has 0 saturated heterocycles. The van der Waals surface area contributed by atoms with E-state index in [0.717, 1.165) is 18.3 Å². The van der Waals surface area contributed by atoms with Gasteiger partial charge in [-0.25, -0.2) is 4.98 Å². The zero-order chi connectivity index (χ0) is 15.6. The van der Waals surface area contributed by atoms with Crippen LogP contribution in [0.25, 0.3) is 0 Å². The van der Waals surface area contributed by atoms with E-state index in [1.807, 2.05) is 0 Å². The fraction of sp³-hybridized carbons (Fsp3) is 0.0909. The van der Waals surface area contributed by atoms with Crippen molar-refractivity contribution < 1.29 is 18.1 Å². The van der Waals surface area contributed by atoms with E-state index in [-0.39, 0.29) is 11.0 Å². The Hall–Kier alpha value is -2.42. The maximum atomic E-state index is 12.9. The Morgan fingerprint density at radius 1 is 1.29 bits per heavy atom. The molecule has 1 N–H and O–H groups in total. The molecule has 0 radical (unpaired) electrons. The van der Waals surface area contributed by atoms with Crippen LogP contribution in [0.2, 0.25) is 5.28 Å². The van der Waals surface area contributed by atoms with Gasteiger partial charge in [0.15, 0.2) is 0 Å². The summed E-state index contributed by atoms with van der Waals surface area (Å²) in [7, 11) is 0. The third-order valence-electron chi connectivity index (χ3n) is 2.42.